The van der Waals surface area contributed by atoms with Gasteiger partial charge in [0.25, 0.3) is 0 Å². The summed E-state index contributed by atoms with van der Waals surface area (Å²) in [5.74, 6) is 0.787. The Kier molecular flexibility index (Phi) is 6.30. The highest BCUT2D eigenvalue weighted by atomic mass is 16.4. The van der Waals surface area contributed by atoms with E-state index in [0.29, 0.717) is 22.9 Å². The van der Waals surface area contributed by atoms with Crippen LogP contribution in [0.1, 0.15) is 47.1 Å². The average Bonchev–Trinajstić information content (AvgIpc) is 3.21. The molecule has 0 amide bonds. The summed E-state index contributed by atoms with van der Waals surface area (Å²) in [6.45, 7) is 11.2. The molecule has 2 aromatic heterocycles. The predicted molar refractivity (Wildman–Crippen MR) is 140 cm³/mol. The molecule has 4 aromatic rings. The number of rotatable bonds is 6. The SMILES string of the molecule is Cc1cnc(Nc2cc(C)c(C)c(C)c2)nc1Nc1cc(CN2CCCCC2)c2oc(=O)[nH]c2c1. The Labute approximate surface area is 204 Å². The zero-order chi connectivity index (χ0) is 24.5. The number of anilines is 4. The van der Waals surface area contributed by atoms with E-state index in [1.807, 2.05) is 13.0 Å². The first-order valence-corrected chi connectivity index (χ1v) is 12.2. The molecule has 35 heavy (non-hydrogen) atoms. The van der Waals surface area contributed by atoms with Gasteiger partial charge in [0, 0.05) is 35.2 Å². The molecule has 0 unspecified atom stereocenters. The van der Waals surface area contributed by atoms with Crippen LogP contribution in [0.5, 0.6) is 0 Å². The molecule has 8 heteroatoms. The van der Waals surface area contributed by atoms with Crippen LogP contribution in [0.15, 0.2) is 39.7 Å². The first-order valence-electron chi connectivity index (χ1n) is 12.2. The Morgan fingerprint density at radius 2 is 1.66 bits per heavy atom. The van der Waals surface area contributed by atoms with Crippen LogP contribution in [0.3, 0.4) is 0 Å². The molecule has 0 spiro atoms. The molecule has 5 rings (SSSR count). The van der Waals surface area contributed by atoms with Crippen LogP contribution in [-0.2, 0) is 6.54 Å². The summed E-state index contributed by atoms with van der Waals surface area (Å²) in [6.07, 6.45) is 5.48. The molecule has 0 bridgehead atoms. The monoisotopic (exact) mass is 472 g/mol. The maximum atomic E-state index is 12.0. The molecule has 0 saturated carbocycles. The third-order valence-electron chi connectivity index (χ3n) is 6.86. The van der Waals surface area contributed by atoms with Gasteiger partial charge in [0.2, 0.25) is 5.95 Å². The van der Waals surface area contributed by atoms with Crippen molar-refractivity contribution in [2.24, 2.45) is 0 Å². The number of fused-ring (bicyclic) bond motifs is 1. The van der Waals surface area contributed by atoms with Gasteiger partial charge >= 0.3 is 5.76 Å². The molecule has 0 aliphatic carbocycles. The number of hydrogen-bond acceptors (Lipinski definition) is 7. The first kappa shape index (κ1) is 23.1. The van der Waals surface area contributed by atoms with E-state index in [1.54, 1.807) is 6.20 Å². The predicted octanol–water partition coefficient (Wildman–Crippen LogP) is 5.62. The number of benzene rings is 2. The summed E-state index contributed by atoms with van der Waals surface area (Å²) in [6, 6.07) is 8.15. The smallest absolute Gasteiger partial charge is 0.408 e. The van der Waals surface area contributed by atoms with E-state index in [9.17, 15) is 4.79 Å². The third kappa shape index (κ3) is 5.07. The Balaban J connectivity index is 1.43. The van der Waals surface area contributed by atoms with Crippen molar-refractivity contribution in [1.29, 1.82) is 0 Å². The number of oxazole rings is 1. The maximum Gasteiger partial charge on any atom is 0.417 e. The highest BCUT2D eigenvalue weighted by molar-refractivity contribution is 5.82. The zero-order valence-electron chi connectivity index (χ0n) is 20.8. The second-order valence-electron chi connectivity index (χ2n) is 9.57. The molecule has 1 aliphatic rings. The van der Waals surface area contributed by atoms with Crippen LogP contribution in [0, 0.1) is 27.7 Å². The number of hydrogen-bond donors (Lipinski definition) is 3. The summed E-state index contributed by atoms with van der Waals surface area (Å²) in [4.78, 5) is 26.4. The van der Waals surface area contributed by atoms with Gasteiger partial charge in [-0.1, -0.05) is 6.42 Å². The van der Waals surface area contributed by atoms with Crippen molar-refractivity contribution < 1.29 is 4.42 Å². The molecular formula is C27H32N6O2. The average molecular weight is 473 g/mol. The number of H-pyrrole nitrogens is 1. The van der Waals surface area contributed by atoms with Crippen molar-refractivity contribution in [1.82, 2.24) is 19.9 Å². The van der Waals surface area contributed by atoms with Gasteiger partial charge in [-0.2, -0.15) is 4.98 Å². The van der Waals surface area contributed by atoms with Crippen molar-refractivity contribution in [2.45, 2.75) is 53.5 Å². The second-order valence-corrected chi connectivity index (χ2v) is 9.57. The lowest BCUT2D eigenvalue weighted by Gasteiger charge is -2.26. The second kappa shape index (κ2) is 9.54. The molecule has 3 heterocycles. The summed E-state index contributed by atoms with van der Waals surface area (Å²) in [7, 11) is 0. The van der Waals surface area contributed by atoms with Crippen molar-refractivity contribution in [2.75, 3.05) is 23.7 Å². The van der Waals surface area contributed by atoms with Gasteiger partial charge in [-0.15, -0.1) is 0 Å². The van der Waals surface area contributed by atoms with Gasteiger partial charge < -0.3 is 15.1 Å². The minimum absolute atomic E-state index is 0.439. The van der Waals surface area contributed by atoms with Crippen LogP contribution < -0.4 is 16.4 Å². The van der Waals surface area contributed by atoms with Gasteiger partial charge in [-0.3, -0.25) is 9.88 Å². The fourth-order valence-corrected chi connectivity index (χ4v) is 4.68. The lowest BCUT2D eigenvalue weighted by atomic mass is 10.0. The summed E-state index contributed by atoms with van der Waals surface area (Å²) < 4.78 is 5.48. The lowest BCUT2D eigenvalue weighted by Crippen LogP contribution is -2.29. The standard InChI is InChI=1S/C27H32N6O2/c1-16-10-21(11-17(2)19(16)4)30-26-28-14-18(3)25(32-26)29-22-12-20(15-33-8-6-5-7-9-33)24-23(13-22)31-27(34)35-24/h10-14H,5-9,15H2,1-4H3,(H,31,34)(H2,28,29,30,32). The summed E-state index contributed by atoms with van der Waals surface area (Å²) >= 11 is 0. The number of aromatic nitrogens is 3. The van der Waals surface area contributed by atoms with E-state index in [1.165, 1.54) is 36.0 Å². The minimum atomic E-state index is -0.439. The van der Waals surface area contributed by atoms with E-state index in [-0.39, 0.29) is 0 Å². The van der Waals surface area contributed by atoms with Crippen LogP contribution in [0.4, 0.5) is 23.1 Å². The number of piperidine rings is 1. The van der Waals surface area contributed by atoms with E-state index in [4.69, 9.17) is 9.40 Å². The fraction of sp³-hybridized carbons (Fsp3) is 0.370. The molecular weight excluding hydrogens is 440 g/mol. The minimum Gasteiger partial charge on any atom is -0.408 e. The summed E-state index contributed by atoms with van der Waals surface area (Å²) in [5.41, 5.74) is 8.75. The summed E-state index contributed by atoms with van der Waals surface area (Å²) in [5, 5.41) is 6.77. The zero-order valence-corrected chi connectivity index (χ0v) is 20.8. The van der Waals surface area contributed by atoms with E-state index >= 15 is 0 Å². The van der Waals surface area contributed by atoms with Gasteiger partial charge in [0.1, 0.15) is 5.82 Å². The van der Waals surface area contributed by atoms with Crippen LogP contribution in [-0.4, -0.2) is 32.9 Å². The highest BCUT2D eigenvalue weighted by Crippen LogP contribution is 2.28. The van der Waals surface area contributed by atoms with Gasteiger partial charge in [0.15, 0.2) is 5.58 Å². The Morgan fingerprint density at radius 1 is 0.943 bits per heavy atom. The third-order valence-corrected chi connectivity index (χ3v) is 6.86. The quantitative estimate of drug-likeness (QED) is 0.335. The van der Waals surface area contributed by atoms with E-state index in [2.05, 4.69) is 64.5 Å². The van der Waals surface area contributed by atoms with Crippen LogP contribution >= 0.6 is 0 Å². The fourth-order valence-electron chi connectivity index (χ4n) is 4.68. The molecule has 8 nitrogen and oxygen atoms in total. The first-order chi connectivity index (χ1) is 16.9. The van der Waals surface area contributed by atoms with Crippen molar-refractivity contribution in [3.8, 4) is 0 Å². The van der Waals surface area contributed by atoms with Gasteiger partial charge in [-0.05, 0) is 94.6 Å². The molecule has 0 radical (unpaired) electrons. The van der Waals surface area contributed by atoms with Gasteiger partial charge in [0.05, 0.1) is 5.52 Å². The van der Waals surface area contributed by atoms with E-state index in [0.717, 1.165) is 42.1 Å². The molecule has 182 valence electrons. The van der Waals surface area contributed by atoms with Crippen LogP contribution in [0.25, 0.3) is 11.1 Å². The number of aryl methyl sites for hydroxylation is 3. The largest absolute Gasteiger partial charge is 0.417 e. The van der Waals surface area contributed by atoms with Crippen molar-refractivity contribution in [3.63, 3.8) is 0 Å². The molecule has 1 aliphatic heterocycles. The van der Waals surface area contributed by atoms with E-state index < -0.39 is 5.76 Å². The van der Waals surface area contributed by atoms with Crippen molar-refractivity contribution in [3.05, 3.63) is 68.8 Å². The molecule has 3 N–H and O–H groups in total. The Morgan fingerprint density at radius 3 is 2.40 bits per heavy atom. The Hall–Kier alpha value is -3.65. The maximum absolute atomic E-state index is 12.0. The molecule has 2 aromatic carbocycles. The molecule has 1 fully saturated rings. The number of aromatic amines is 1. The Bertz CT molecular complexity index is 1410. The normalized spacial score (nSPS) is 14.4. The van der Waals surface area contributed by atoms with Crippen molar-refractivity contribution >= 4 is 34.2 Å². The van der Waals surface area contributed by atoms with Gasteiger partial charge in [-0.25, -0.2) is 9.78 Å². The highest BCUT2D eigenvalue weighted by Gasteiger charge is 2.16. The number of likely N-dealkylation sites (tertiary alicyclic amines) is 1. The number of nitrogens with one attached hydrogen (secondary N) is 3. The van der Waals surface area contributed by atoms with Crippen LogP contribution in [0.2, 0.25) is 0 Å². The molecule has 0 atom stereocenters. The topological polar surface area (TPSA) is 99.1 Å². The molecule has 1 saturated heterocycles. The number of nitrogens with zero attached hydrogens (tertiary/aromatic N) is 3. The lowest BCUT2D eigenvalue weighted by molar-refractivity contribution is 0.221.